The van der Waals surface area contributed by atoms with Crippen molar-refractivity contribution in [3.8, 4) is 0 Å². The maximum atomic E-state index is 12.7. The van der Waals surface area contributed by atoms with Gasteiger partial charge in [0, 0.05) is 30.6 Å². The van der Waals surface area contributed by atoms with Crippen LogP contribution in [0.1, 0.15) is 30.6 Å². The van der Waals surface area contributed by atoms with E-state index < -0.39 is 0 Å². The van der Waals surface area contributed by atoms with Gasteiger partial charge in [-0.05, 0) is 43.6 Å². The van der Waals surface area contributed by atoms with E-state index in [0.29, 0.717) is 19.3 Å². The van der Waals surface area contributed by atoms with Gasteiger partial charge in [0.15, 0.2) is 0 Å². The van der Waals surface area contributed by atoms with E-state index in [2.05, 4.69) is 22.4 Å². The first-order valence-electron chi connectivity index (χ1n) is 8.00. The van der Waals surface area contributed by atoms with Gasteiger partial charge in [0.05, 0.1) is 13.2 Å². The number of hydrogen-bond donors (Lipinski definition) is 0. The van der Waals surface area contributed by atoms with Crippen molar-refractivity contribution in [2.75, 3.05) is 32.8 Å². The minimum atomic E-state index is 0.231. The number of morpholine rings is 1. The number of hydrogen-bond acceptors (Lipinski definition) is 3. The molecule has 0 unspecified atom stereocenters. The zero-order chi connectivity index (χ0) is 14.5. The molecule has 0 spiro atoms. The van der Waals surface area contributed by atoms with Gasteiger partial charge in [-0.1, -0.05) is 6.07 Å². The van der Waals surface area contributed by atoms with Gasteiger partial charge >= 0.3 is 6.03 Å². The third-order valence-corrected chi connectivity index (χ3v) is 5.39. The first-order valence-corrected chi connectivity index (χ1v) is 8.88. The molecule has 3 rings (SSSR count). The molecule has 0 saturated carbocycles. The molecule has 0 N–H and O–H groups in total. The van der Waals surface area contributed by atoms with Crippen molar-refractivity contribution in [1.82, 2.24) is 9.80 Å². The number of thiophene rings is 1. The van der Waals surface area contributed by atoms with Crippen LogP contribution in [-0.4, -0.2) is 54.7 Å². The highest BCUT2D eigenvalue weighted by atomic mass is 32.1. The summed E-state index contributed by atoms with van der Waals surface area (Å²) in [4.78, 5) is 18.2. The lowest BCUT2D eigenvalue weighted by molar-refractivity contribution is 0.0350. The van der Waals surface area contributed by atoms with Crippen LogP contribution in [0.4, 0.5) is 4.79 Å². The summed E-state index contributed by atoms with van der Waals surface area (Å²) in [6.07, 6.45) is 5.74. The van der Waals surface area contributed by atoms with Crippen molar-refractivity contribution in [3.63, 3.8) is 0 Å². The van der Waals surface area contributed by atoms with Gasteiger partial charge in [0.25, 0.3) is 0 Å². The Bertz CT molecular complexity index is 443. The Morgan fingerprint density at radius 2 is 2.14 bits per heavy atom. The van der Waals surface area contributed by atoms with Crippen molar-refractivity contribution < 1.29 is 9.53 Å². The van der Waals surface area contributed by atoms with E-state index in [9.17, 15) is 4.79 Å². The summed E-state index contributed by atoms with van der Waals surface area (Å²) >= 11 is 1.82. The fourth-order valence-corrected chi connectivity index (χ4v) is 3.98. The normalized spacial score (nSPS) is 23.3. The van der Waals surface area contributed by atoms with Gasteiger partial charge in [-0.2, -0.15) is 0 Å². The zero-order valence-electron chi connectivity index (χ0n) is 12.5. The summed E-state index contributed by atoms with van der Waals surface area (Å²) in [7, 11) is 0. The number of urea groups is 1. The number of piperidine rings is 1. The second kappa shape index (κ2) is 7.27. The first kappa shape index (κ1) is 14.9. The Morgan fingerprint density at radius 1 is 1.29 bits per heavy atom. The maximum Gasteiger partial charge on any atom is 0.320 e. The van der Waals surface area contributed by atoms with Crippen molar-refractivity contribution in [2.24, 2.45) is 0 Å². The van der Waals surface area contributed by atoms with E-state index in [-0.39, 0.29) is 6.03 Å². The molecule has 21 heavy (non-hydrogen) atoms. The van der Waals surface area contributed by atoms with Gasteiger partial charge in [0.1, 0.15) is 0 Å². The molecule has 3 heterocycles. The zero-order valence-corrected chi connectivity index (χ0v) is 13.3. The number of rotatable bonds is 3. The molecule has 1 aromatic heterocycles. The Morgan fingerprint density at radius 3 is 2.90 bits per heavy atom. The molecule has 0 aliphatic carbocycles. The minimum Gasteiger partial charge on any atom is -0.378 e. The molecule has 0 bridgehead atoms. The predicted molar refractivity (Wildman–Crippen MR) is 84.8 cm³/mol. The summed E-state index contributed by atoms with van der Waals surface area (Å²) in [5.74, 6) is 0. The van der Waals surface area contributed by atoms with E-state index >= 15 is 0 Å². The highest BCUT2D eigenvalue weighted by Crippen LogP contribution is 2.24. The molecule has 1 atom stereocenters. The smallest absolute Gasteiger partial charge is 0.320 e. The predicted octanol–water partition coefficient (Wildman–Crippen LogP) is 2.99. The van der Waals surface area contributed by atoms with Crippen molar-refractivity contribution >= 4 is 17.4 Å². The highest BCUT2D eigenvalue weighted by molar-refractivity contribution is 7.09. The Hall–Kier alpha value is -1.07. The average Bonchev–Trinajstić information content (AvgIpc) is 3.07. The summed E-state index contributed by atoms with van der Waals surface area (Å²) in [5, 5.41) is 2.13. The number of aryl methyl sites for hydroxylation is 1. The molecular formula is C16H24N2O2S. The fraction of sp³-hybridized carbons (Fsp3) is 0.688. The lowest BCUT2D eigenvalue weighted by atomic mass is 9.98. The number of ether oxygens (including phenoxy) is 1. The largest absolute Gasteiger partial charge is 0.378 e. The van der Waals surface area contributed by atoms with Crippen LogP contribution >= 0.6 is 11.3 Å². The van der Waals surface area contributed by atoms with Gasteiger partial charge in [-0.15, -0.1) is 11.3 Å². The molecule has 2 saturated heterocycles. The molecule has 0 radical (unpaired) electrons. The molecule has 2 amide bonds. The summed E-state index contributed by atoms with van der Waals surface area (Å²) < 4.78 is 5.35. The van der Waals surface area contributed by atoms with E-state index in [0.717, 1.165) is 45.3 Å². The number of likely N-dealkylation sites (tertiary alicyclic amines) is 1. The van der Waals surface area contributed by atoms with E-state index in [1.807, 2.05) is 16.2 Å². The van der Waals surface area contributed by atoms with Crippen LogP contribution in [0.25, 0.3) is 0 Å². The van der Waals surface area contributed by atoms with Crippen LogP contribution < -0.4 is 0 Å². The lowest BCUT2D eigenvalue weighted by Gasteiger charge is -2.40. The van der Waals surface area contributed by atoms with Gasteiger partial charge in [-0.3, -0.25) is 0 Å². The van der Waals surface area contributed by atoms with Crippen LogP contribution in [0.2, 0.25) is 0 Å². The summed E-state index contributed by atoms with van der Waals surface area (Å²) in [6.45, 7) is 3.77. The quantitative estimate of drug-likeness (QED) is 0.860. The lowest BCUT2D eigenvalue weighted by Crippen LogP contribution is -2.53. The molecule has 2 aliphatic rings. The van der Waals surface area contributed by atoms with Gasteiger partial charge in [-0.25, -0.2) is 4.79 Å². The molecule has 2 aliphatic heterocycles. The highest BCUT2D eigenvalue weighted by Gasteiger charge is 2.30. The van der Waals surface area contributed by atoms with Crippen molar-refractivity contribution in [2.45, 2.75) is 38.1 Å². The van der Waals surface area contributed by atoms with Gasteiger partial charge in [0.2, 0.25) is 0 Å². The molecule has 2 fully saturated rings. The van der Waals surface area contributed by atoms with Crippen LogP contribution in [0, 0.1) is 0 Å². The molecule has 1 aromatic rings. The number of carbonyl (C=O) groups is 1. The summed E-state index contributed by atoms with van der Waals surface area (Å²) in [5.41, 5.74) is 0. The summed E-state index contributed by atoms with van der Waals surface area (Å²) in [6, 6.07) is 4.95. The minimum absolute atomic E-state index is 0.231. The molecule has 116 valence electrons. The maximum absolute atomic E-state index is 12.7. The Kier molecular flexibility index (Phi) is 5.14. The second-order valence-corrected chi connectivity index (χ2v) is 6.88. The fourth-order valence-electron chi connectivity index (χ4n) is 3.25. The van der Waals surface area contributed by atoms with E-state index in [1.165, 1.54) is 11.3 Å². The van der Waals surface area contributed by atoms with Crippen LogP contribution in [-0.2, 0) is 11.2 Å². The van der Waals surface area contributed by atoms with Crippen LogP contribution in [0.5, 0.6) is 0 Å². The molecular weight excluding hydrogens is 284 g/mol. The van der Waals surface area contributed by atoms with Gasteiger partial charge < -0.3 is 14.5 Å². The van der Waals surface area contributed by atoms with E-state index in [4.69, 9.17) is 4.74 Å². The topological polar surface area (TPSA) is 32.8 Å². The van der Waals surface area contributed by atoms with Crippen LogP contribution in [0.3, 0.4) is 0 Å². The molecule has 0 aromatic carbocycles. The first-order chi connectivity index (χ1) is 10.3. The third kappa shape index (κ3) is 3.77. The third-order valence-electron chi connectivity index (χ3n) is 4.46. The SMILES string of the molecule is O=C(N1CCOCC1)N1CCCC[C@H]1CCc1cccs1. The van der Waals surface area contributed by atoms with Crippen molar-refractivity contribution in [3.05, 3.63) is 22.4 Å². The van der Waals surface area contributed by atoms with Crippen molar-refractivity contribution in [1.29, 1.82) is 0 Å². The standard InChI is InChI=1S/C16H24N2O2S/c19-16(17-9-11-20-12-10-17)18-8-2-1-4-14(18)6-7-15-5-3-13-21-15/h3,5,13-14H,1-2,4,6-12H2/t14-/m0/s1. The second-order valence-electron chi connectivity index (χ2n) is 5.84. The average molecular weight is 308 g/mol. The van der Waals surface area contributed by atoms with E-state index in [1.54, 1.807) is 0 Å². The number of nitrogens with zero attached hydrogens (tertiary/aromatic N) is 2. The van der Waals surface area contributed by atoms with Crippen LogP contribution in [0.15, 0.2) is 17.5 Å². The molecule has 4 nitrogen and oxygen atoms in total. The molecule has 5 heteroatoms. The monoisotopic (exact) mass is 308 g/mol. The number of carbonyl (C=O) groups excluding carboxylic acids is 1. The Labute approximate surface area is 130 Å². The Balaban J connectivity index is 1.59. The number of amides is 2.